The summed E-state index contributed by atoms with van der Waals surface area (Å²) < 4.78 is 0. The number of amidine groups is 1. The third-order valence-corrected chi connectivity index (χ3v) is 3.05. The molecule has 0 aromatic carbocycles. The molecule has 0 bridgehead atoms. The third-order valence-electron chi connectivity index (χ3n) is 3.05. The largest absolute Gasteiger partial charge is 0.409 e. The maximum atomic E-state index is 11.7. The summed E-state index contributed by atoms with van der Waals surface area (Å²) in [7, 11) is 0. The Kier molecular flexibility index (Phi) is 5.59. The fourth-order valence-electron chi connectivity index (χ4n) is 2.11. The van der Waals surface area contributed by atoms with Crippen LogP contribution >= 0.6 is 0 Å². The van der Waals surface area contributed by atoms with Crippen molar-refractivity contribution in [2.45, 2.75) is 57.5 Å². The highest BCUT2D eigenvalue weighted by molar-refractivity contribution is 5.89. The molecule has 2 amide bonds. The molecule has 0 radical (unpaired) electrons. The normalized spacial score (nSPS) is 19.0. The van der Waals surface area contributed by atoms with Crippen molar-refractivity contribution in [3.63, 3.8) is 0 Å². The number of nitrogens with two attached hydrogens (primary N) is 1. The van der Waals surface area contributed by atoms with Crippen LogP contribution in [0.3, 0.4) is 0 Å². The predicted molar refractivity (Wildman–Crippen MR) is 66.0 cm³/mol. The molecule has 1 unspecified atom stereocenters. The van der Waals surface area contributed by atoms with Crippen LogP contribution in [0.2, 0.25) is 0 Å². The minimum absolute atomic E-state index is 0.0495. The zero-order valence-electron chi connectivity index (χ0n) is 10.3. The fraction of sp³-hybridized carbons (Fsp3) is 0.818. The Hall–Kier alpha value is -1.46. The molecule has 1 aliphatic rings. The van der Waals surface area contributed by atoms with E-state index in [4.69, 9.17) is 10.9 Å². The molecule has 1 atom stereocenters. The van der Waals surface area contributed by atoms with E-state index in [-0.39, 0.29) is 17.9 Å². The highest BCUT2D eigenvalue weighted by atomic mass is 16.4. The van der Waals surface area contributed by atoms with Gasteiger partial charge in [-0.3, -0.25) is 0 Å². The third kappa shape index (κ3) is 4.50. The first-order valence-electron chi connectivity index (χ1n) is 6.21. The highest BCUT2D eigenvalue weighted by Gasteiger charge is 2.20. The Morgan fingerprint density at radius 3 is 2.71 bits per heavy atom. The Morgan fingerprint density at radius 1 is 1.53 bits per heavy atom. The molecule has 0 aromatic rings. The lowest BCUT2D eigenvalue weighted by Crippen LogP contribution is -2.50. The first-order valence-corrected chi connectivity index (χ1v) is 6.21. The van der Waals surface area contributed by atoms with Gasteiger partial charge in [-0.25, -0.2) is 4.79 Å². The van der Waals surface area contributed by atoms with Gasteiger partial charge in [-0.1, -0.05) is 31.3 Å². The zero-order chi connectivity index (χ0) is 12.7. The molecule has 6 nitrogen and oxygen atoms in total. The van der Waals surface area contributed by atoms with E-state index < -0.39 is 6.04 Å². The molecule has 0 aromatic heterocycles. The predicted octanol–water partition coefficient (Wildman–Crippen LogP) is 1.14. The number of carbonyl (C=O) groups is 1. The average Bonchev–Trinajstić information content (AvgIpc) is 2.80. The van der Waals surface area contributed by atoms with Crippen LogP contribution < -0.4 is 16.4 Å². The van der Waals surface area contributed by atoms with Crippen molar-refractivity contribution in [3.8, 4) is 0 Å². The molecule has 0 heterocycles. The molecule has 1 fully saturated rings. The number of hydrogen-bond acceptors (Lipinski definition) is 3. The monoisotopic (exact) mass is 242 g/mol. The summed E-state index contributed by atoms with van der Waals surface area (Å²) in [6.07, 6.45) is 5.93. The zero-order valence-corrected chi connectivity index (χ0v) is 10.3. The smallest absolute Gasteiger partial charge is 0.315 e. The molecule has 5 N–H and O–H groups in total. The summed E-state index contributed by atoms with van der Waals surface area (Å²) in [6, 6.07) is -0.363. The summed E-state index contributed by atoms with van der Waals surface area (Å²) in [4.78, 5) is 11.7. The number of amides is 2. The average molecular weight is 242 g/mol. The summed E-state index contributed by atoms with van der Waals surface area (Å²) in [5.41, 5.74) is 5.52. The Bertz CT molecular complexity index is 275. The Labute approximate surface area is 102 Å². The topological polar surface area (TPSA) is 99.7 Å². The molecular formula is C11H22N4O2. The van der Waals surface area contributed by atoms with Crippen LogP contribution in [0.4, 0.5) is 4.79 Å². The van der Waals surface area contributed by atoms with Gasteiger partial charge in [-0.15, -0.1) is 0 Å². The molecule has 98 valence electrons. The maximum absolute atomic E-state index is 11.7. The van der Waals surface area contributed by atoms with Gasteiger partial charge in [0.05, 0.1) is 6.04 Å². The number of oxime groups is 1. The van der Waals surface area contributed by atoms with Gasteiger partial charge < -0.3 is 21.6 Å². The van der Waals surface area contributed by atoms with E-state index >= 15 is 0 Å². The van der Waals surface area contributed by atoms with E-state index in [0.717, 1.165) is 19.3 Å². The lowest BCUT2D eigenvalue weighted by molar-refractivity contribution is 0.234. The first-order chi connectivity index (χ1) is 8.17. The molecule has 1 rings (SSSR count). The fourth-order valence-corrected chi connectivity index (χ4v) is 2.11. The molecule has 1 saturated carbocycles. The maximum Gasteiger partial charge on any atom is 0.315 e. The van der Waals surface area contributed by atoms with Crippen molar-refractivity contribution < 1.29 is 10.0 Å². The van der Waals surface area contributed by atoms with Crippen molar-refractivity contribution in [2.75, 3.05) is 0 Å². The van der Waals surface area contributed by atoms with Crippen LogP contribution in [0.5, 0.6) is 0 Å². The van der Waals surface area contributed by atoms with Crippen LogP contribution in [0.15, 0.2) is 5.16 Å². The van der Waals surface area contributed by atoms with Gasteiger partial charge in [0.25, 0.3) is 0 Å². The first kappa shape index (κ1) is 13.6. The number of nitrogens with zero attached hydrogens (tertiary/aromatic N) is 1. The van der Waals surface area contributed by atoms with Crippen LogP contribution in [-0.2, 0) is 0 Å². The summed E-state index contributed by atoms with van der Waals surface area (Å²) >= 11 is 0. The lowest BCUT2D eigenvalue weighted by atomic mass is 10.1. The number of rotatable bonds is 5. The number of urea groups is 1. The number of nitrogens with one attached hydrogen (secondary N) is 2. The van der Waals surface area contributed by atoms with Crippen molar-refractivity contribution in [2.24, 2.45) is 10.9 Å². The van der Waals surface area contributed by atoms with Crippen molar-refractivity contribution in [1.29, 1.82) is 0 Å². The van der Waals surface area contributed by atoms with E-state index in [1.807, 2.05) is 6.92 Å². The molecule has 0 spiro atoms. The van der Waals surface area contributed by atoms with E-state index in [2.05, 4.69) is 15.8 Å². The van der Waals surface area contributed by atoms with Crippen LogP contribution in [0.25, 0.3) is 0 Å². The minimum Gasteiger partial charge on any atom is -0.409 e. The van der Waals surface area contributed by atoms with Gasteiger partial charge in [0.2, 0.25) is 0 Å². The second kappa shape index (κ2) is 6.98. The van der Waals surface area contributed by atoms with Gasteiger partial charge in [0, 0.05) is 6.04 Å². The van der Waals surface area contributed by atoms with E-state index in [1.165, 1.54) is 12.8 Å². The molecule has 17 heavy (non-hydrogen) atoms. The van der Waals surface area contributed by atoms with Crippen molar-refractivity contribution in [3.05, 3.63) is 0 Å². The SMILES string of the molecule is CCCC(NC(=O)NC1CCCC1)C(N)=NO. The van der Waals surface area contributed by atoms with Crippen LogP contribution in [0, 0.1) is 0 Å². The molecule has 0 saturated heterocycles. The van der Waals surface area contributed by atoms with Crippen LogP contribution in [0.1, 0.15) is 45.4 Å². The Morgan fingerprint density at radius 2 is 2.18 bits per heavy atom. The van der Waals surface area contributed by atoms with Gasteiger partial charge in [-0.2, -0.15) is 0 Å². The number of hydrogen-bond donors (Lipinski definition) is 4. The van der Waals surface area contributed by atoms with Crippen LogP contribution in [-0.4, -0.2) is 29.2 Å². The Balaban J connectivity index is 2.40. The van der Waals surface area contributed by atoms with Gasteiger partial charge in [0.1, 0.15) is 0 Å². The highest BCUT2D eigenvalue weighted by Crippen LogP contribution is 2.17. The van der Waals surface area contributed by atoms with Gasteiger partial charge >= 0.3 is 6.03 Å². The quantitative estimate of drug-likeness (QED) is 0.252. The van der Waals surface area contributed by atoms with E-state index in [0.29, 0.717) is 6.42 Å². The summed E-state index contributed by atoms with van der Waals surface area (Å²) in [6.45, 7) is 1.98. The second-order valence-corrected chi connectivity index (χ2v) is 4.47. The molecule has 0 aliphatic heterocycles. The minimum atomic E-state index is -0.397. The summed E-state index contributed by atoms with van der Waals surface area (Å²) in [5.74, 6) is 0.0495. The summed E-state index contributed by atoms with van der Waals surface area (Å²) in [5, 5.41) is 17.2. The van der Waals surface area contributed by atoms with Crippen molar-refractivity contribution in [1.82, 2.24) is 10.6 Å². The lowest BCUT2D eigenvalue weighted by Gasteiger charge is -2.19. The van der Waals surface area contributed by atoms with Crippen molar-refractivity contribution >= 4 is 11.9 Å². The molecule has 1 aliphatic carbocycles. The van der Waals surface area contributed by atoms with E-state index in [9.17, 15) is 4.79 Å². The van der Waals surface area contributed by atoms with E-state index in [1.54, 1.807) is 0 Å². The molecular weight excluding hydrogens is 220 g/mol. The second-order valence-electron chi connectivity index (χ2n) is 4.47. The van der Waals surface area contributed by atoms with Gasteiger partial charge in [0.15, 0.2) is 5.84 Å². The molecule has 6 heteroatoms. The standard InChI is InChI=1S/C11H22N4O2/c1-2-5-9(10(12)15-17)14-11(16)13-8-6-3-4-7-8/h8-9,17H,2-7H2,1H3,(H2,12,15)(H2,13,14,16). The van der Waals surface area contributed by atoms with Gasteiger partial charge in [-0.05, 0) is 19.3 Å². The number of carbonyl (C=O) groups excluding carboxylic acids is 1.